The van der Waals surface area contributed by atoms with Crippen LogP contribution in [0.3, 0.4) is 0 Å². The number of pyridine rings is 1. The van der Waals surface area contributed by atoms with Crippen LogP contribution in [0.5, 0.6) is 5.88 Å². The number of methoxy groups -OCH3 is 1. The van der Waals surface area contributed by atoms with E-state index in [9.17, 15) is 17.1 Å². The van der Waals surface area contributed by atoms with Crippen molar-refractivity contribution in [1.29, 1.82) is 0 Å². The van der Waals surface area contributed by atoms with Crippen LogP contribution in [0.15, 0.2) is 18.3 Å². The van der Waals surface area contributed by atoms with E-state index in [4.69, 9.17) is 4.74 Å². The fourth-order valence-electron chi connectivity index (χ4n) is 1.79. The molecule has 1 unspecified atom stereocenters. The van der Waals surface area contributed by atoms with Crippen LogP contribution in [0.2, 0.25) is 0 Å². The molecule has 1 aliphatic heterocycles. The normalized spacial score (nSPS) is 20.2. The highest BCUT2D eigenvalue weighted by Gasteiger charge is 2.39. The number of amides is 1. The Hall–Kier alpha value is -1.70. The quantitative estimate of drug-likeness (QED) is 0.750. The summed E-state index contributed by atoms with van der Waals surface area (Å²) in [6.45, 7) is -0.190. The Bertz CT molecular complexity index is 575. The lowest BCUT2D eigenvalue weighted by molar-refractivity contribution is -0.117. The number of halogens is 1. The lowest BCUT2D eigenvalue weighted by Gasteiger charge is -2.16. The Morgan fingerprint density at radius 2 is 2.28 bits per heavy atom. The van der Waals surface area contributed by atoms with Crippen LogP contribution in [0.4, 0.5) is 9.57 Å². The van der Waals surface area contributed by atoms with Gasteiger partial charge >= 0.3 is 10.2 Å². The van der Waals surface area contributed by atoms with Gasteiger partial charge < -0.3 is 9.64 Å². The number of carbonyl (C=O) groups excluding carboxylic acids is 1. The van der Waals surface area contributed by atoms with Gasteiger partial charge in [0.1, 0.15) is 5.25 Å². The van der Waals surface area contributed by atoms with Gasteiger partial charge in [0.25, 0.3) is 0 Å². The van der Waals surface area contributed by atoms with Gasteiger partial charge in [-0.05, 0) is 6.07 Å². The maximum atomic E-state index is 12.9. The number of carbonyl (C=O) groups is 1. The second-order valence-corrected chi connectivity index (χ2v) is 5.48. The SMILES string of the molecule is COc1cc(N2CC(S(=O)(=O)F)CC2=O)ccn1. The molecule has 98 valence electrons. The molecule has 8 heteroatoms. The van der Waals surface area contributed by atoms with Crippen molar-refractivity contribution < 1.29 is 21.8 Å². The maximum absolute atomic E-state index is 12.9. The highest BCUT2D eigenvalue weighted by molar-refractivity contribution is 7.87. The van der Waals surface area contributed by atoms with Crippen LogP contribution in [-0.2, 0) is 15.0 Å². The predicted octanol–water partition coefficient (Wildman–Crippen LogP) is 0.495. The lowest BCUT2D eigenvalue weighted by Crippen LogP contribution is -2.26. The third kappa shape index (κ3) is 2.42. The van der Waals surface area contributed by atoms with E-state index in [0.717, 1.165) is 0 Å². The van der Waals surface area contributed by atoms with E-state index in [1.54, 1.807) is 0 Å². The number of aromatic nitrogens is 1. The summed E-state index contributed by atoms with van der Waals surface area (Å²) in [7, 11) is -3.28. The fourth-order valence-corrected chi connectivity index (χ4v) is 2.46. The molecule has 0 spiro atoms. The average Bonchev–Trinajstić information content (AvgIpc) is 2.71. The van der Waals surface area contributed by atoms with Crippen LogP contribution in [-0.4, -0.2) is 38.2 Å². The monoisotopic (exact) mass is 274 g/mol. The zero-order valence-electron chi connectivity index (χ0n) is 9.54. The van der Waals surface area contributed by atoms with Gasteiger partial charge in [0.05, 0.1) is 12.8 Å². The number of nitrogens with zero attached hydrogens (tertiary/aromatic N) is 2. The Labute approximate surface area is 104 Å². The highest BCUT2D eigenvalue weighted by Crippen LogP contribution is 2.27. The maximum Gasteiger partial charge on any atom is 0.307 e. The van der Waals surface area contributed by atoms with Crippen LogP contribution in [0.25, 0.3) is 0 Å². The number of hydrogen-bond donors (Lipinski definition) is 0. The molecule has 1 aliphatic rings. The third-order valence-corrected chi connectivity index (χ3v) is 3.84. The third-order valence-electron chi connectivity index (χ3n) is 2.73. The van der Waals surface area contributed by atoms with E-state index in [1.165, 1.54) is 30.3 Å². The summed E-state index contributed by atoms with van der Waals surface area (Å²) in [4.78, 5) is 16.7. The molecule has 1 amide bonds. The molecular weight excluding hydrogens is 263 g/mol. The molecule has 6 nitrogen and oxygen atoms in total. The second kappa shape index (κ2) is 4.52. The van der Waals surface area contributed by atoms with Crippen molar-refractivity contribution in [2.75, 3.05) is 18.6 Å². The number of rotatable bonds is 3. The van der Waals surface area contributed by atoms with E-state index >= 15 is 0 Å². The molecule has 0 aromatic carbocycles. The minimum Gasteiger partial charge on any atom is -0.481 e. The topological polar surface area (TPSA) is 76.6 Å². The first-order chi connectivity index (χ1) is 8.41. The van der Waals surface area contributed by atoms with Gasteiger partial charge in [-0.1, -0.05) is 0 Å². The van der Waals surface area contributed by atoms with Crippen molar-refractivity contribution in [3.05, 3.63) is 18.3 Å². The first-order valence-corrected chi connectivity index (χ1v) is 6.60. The minimum absolute atomic E-state index is 0.190. The van der Waals surface area contributed by atoms with Crippen molar-refractivity contribution in [3.8, 4) is 5.88 Å². The van der Waals surface area contributed by atoms with Gasteiger partial charge in [0.2, 0.25) is 11.8 Å². The number of hydrogen-bond acceptors (Lipinski definition) is 5. The summed E-state index contributed by atoms with van der Waals surface area (Å²) in [6, 6.07) is 3.03. The van der Waals surface area contributed by atoms with Crippen LogP contribution >= 0.6 is 0 Å². The van der Waals surface area contributed by atoms with E-state index < -0.39 is 21.4 Å². The molecule has 0 radical (unpaired) electrons. The predicted molar refractivity (Wildman–Crippen MR) is 61.6 cm³/mol. The van der Waals surface area contributed by atoms with Crippen molar-refractivity contribution in [1.82, 2.24) is 4.98 Å². The number of anilines is 1. The molecule has 1 aromatic rings. The highest BCUT2D eigenvalue weighted by atomic mass is 32.3. The van der Waals surface area contributed by atoms with E-state index in [2.05, 4.69) is 4.98 Å². The molecule has 18 heavy (non-hydrogen) atoms. The largest absolute Gasteiger partial charge is 0.481 e. The molecular formula is C10H11FN2O4S. The Kier molecular flexibility index (Phi) is 3.20. The van der Waals surface area contributed by atoms with Crippen molar-refractivity contribution in [2.24, 2.45) is 0 Å². The molecule has 1 fully saturated rings. The zero-order chi connectivity index (χ0) is 13.3. The molecule has 1 saturated heterocycles. The Morgan fingerprint density at radius 3 is 2.83 bits per heavy atom. The van der Waals surface area contributed by atoms with Crippen molar-refractivity contribution >= 4 is 21.8 Å². The molecule has 0 saturated carbocycles. The van der Waals surface area contributed by atoms with Gasteiger partial charge in [-0.2, -0.15) is 8.42 Å². The van der Waals surface area contributed by atoms with Crippen molar-refractivity contribution in [2.45, 2.75) is 11.7 Å². The molecule has 2 heterocycles. The first-order valence-electron chi connectivity index (χ1n) is 5.15. The number of ether oxygens (including phenoxy) is 1. The molecule has 1 atom stereocenters. The van der Waals surface area contributed by atoms with Crippen LogP contribution in [0, 0.1) is 0 Å². The molecule has 0 N–H and O–H groups in total. The van der Waals surface area contributed by atoms with Crippen LogP contribution < -0.4 is 9.64 Å². The summed E-state index contributed by atoms with van der Waals surface area (Å²) in [5.41, 5.74) is 0.443. The smallest absolute Gasteiger partial charge is 0.307 e. The zero-order valence-corrected chi connectivity index (χ0v) is 10.4. The summed E-state index contributed by atoms with van der Waals surface area (Å²) in [5, 5.41) is -1.30. The van der Waals surface area contributed by atoms with Gasteiger partial charge in [-0.3, -0.25) is 4.79 Å². The van der Waals surface area contributed by atoms with Gasteiger partial charge in [-0.25, -0.2) is 4.98 Å². The molecule has 2 rings (SSSR count). The van der Waals surface area contributed by atoms with Crippen LogP contribution in [0.1, 0.15) is 6.42 Å². The van der Waals surface area contributed by atoms with Gasteiger partial charge in [0.15, 0.2) is 0 Å². The Balaban J connectivity index is 2.27. The van der Waals surface area contributed by atoms with Crippen molar-refractivity contribution in [3.63, 3.8) is 0 Å². The van der Waals surface area contributed by atoms with Gasteiger partial charge in [0, 0.05) is 25.2 Å². The minimum atomic E-state index is -4.70. The lowest BCUT2D eigenvalue weighted by atomic mass is 10.3. The first kappa shape index (κ1) is 12.7. The van der Waals surface area contributed by atoms with Gasteiger partial charge in [-0.15, -0.1) is 3.89 Å². The van der Waals surface area contributed by atoms with E-state index in [1.807, 2.05) is 0 Å². The molecule has 0 aliphatic carbocycles. The van der Waals surface area contributed by atoms with E-state index in [-0.39, 0.29) is 13.0 Å². The standard InChI is InChI=1S/C10H11FN2O4S/c1-17-9-4-7(2-3-12-9)13-6-8(5-10(13)14)18(11,15)16/h2-4,8H,5-6H2,1H3. The average molecular weight is 274 g/mol. The summed E-state index contributed by atoms with van der Waals surface area (Å²) in [5.74, 6) is -0.138. The molecule has 1 aromatic heterocycles. The summed E-state index contributed by atoms with van der Waals surface area (Å²) < 4.78 is 39.4. The second-order valence-electron chi connectivity index (χ2n) is 3.86. The summed E-state index contributed by atoms with van der Waals surface area (Å²) in [6.07, 6.45) is 1.09. The molecule has 0 bridgehead atoms. The summed E-state index contributed by atoms with van der Waals surface area (Å²) >= 11 is 0. The Morgan fingerprint density at radius 1 is 1.56 bits per heavy atom. The fraction of sp³-hybridized carbons (Fsp3) is 0.400. The van der Waals surface area contributed by atoms with E-state index in [0.29, 0.717) is 11.6 Å².